The van der Waals surface area contributed by atoms with Crippen LogP contribution in [0, 0.1) is 5.92 Å². The average Bonchev–Trinajstić information content (AvgIpc) is 3.01. The summed E-state index contributed by atoms with van der Waals surface area (Å²) in [5.41, 5.74) is 0.911. The Hall–Kier alpha value is -0.850. The van der Waals surface area contributed by atoms with Crippen LogP contribution in [0.3, 0.4) is 0 Å². The van der Waals surface area contributed by atoms with E-state index in [-0.39, 0.29) is 6.04 Å². The second-order valence-corrected chi connectivity index (χ2v) is 7.88. The lowest BCUT2D eigenvalue weighted by Gasteiger charge is -2.15. The lowest BCUT2D eigenvalue weighted by atomic mass is 10.1. The van der Waals surface area contributed by atoms with Crippen molar-refractivity contribution in [1.82, 2.24) is 15.0 Å². The van der Waals surface area contributed by atoms with Crippen LogP contribution in [-0.2, 0) is 16.6 Å². The predicted molar refractivity (Wildman–Crippen MR) is 79.9 cm³/mol. The van der Waals surface area contributed by atoms with E-state index in [0.717, 1.165) is 12.1 Å². The fourth-order valence-corrected chi connectivity index (χ4v) is 3.58. The van der Waals surface area contributed by atoms with Gasteiger partial charge in [0, 0.05) is 30.5 Å². The molecule has 1 atom stereocenters. The monoisotopic (exact) mass is 299 g/mol. The van der Waals surface area contributed by atoms with Crippen LogP contribution in [0.25, 0.3) is 0 Å². The number of hydrogen-bond acceptors (Lipinski definition) is 3. The zero-order chi connectivity index (χ0) is 14.8. The van der Waals surface area contributed by atoms with Gasteiger partial charge in [0.15, 0.2) is 0 Å². The SMILES string of the molecule is CC(C)CC(C)NS(=O)(=O)c1c[nH]c(CNC2CC2)c1. The van der Waals surface area contributed by atoms with Crippen LogP contribution in [0.4, 0.5) is 0 Å². The van der Waals surface area contributed by atoms with E-state index in [1.165, 1.54) is 12.8 Å². The number of H-pyrrole nitrogens is 1. The molecule has 0 spiro atoms. The van der Waals surface area contributed by atoms with Crippen molar-refractivity contribution in [3.8, 4) is 0 Å². The van der Waals surface area contributed by atoms with Crippen molar-refractivity contribution >= 4 is 10.0 Å². The first-order valence-corrected chi connectivity index (χ1v) is 8.78. The van der Waals surface area contributed by atoms with Crippen LogP contribution < -0.4 is 10.0 Å². The Labute approximate surface area is 121 Å². The number of aromatic nitrogens is 1. The van der Waals surface area contributed by atoms with Gasteiger partial charge in [-0.2, -0.15) is 0 Å². The molecule has 0 amide bonds. The molecule has 1 aromatic heterocycles. The fourth-order valence-electron chi connectivity index (χ4n) is 2.31. The summed E-state index contributed by atoms with van der Waals surface area (Å²) < 4.78 is 27.2. The Morgan fingerprint density at radius 3 is 2.65 bits per heavy atom. The molecule has 0 aliphatic heterocycles. The number of sulfonamides is 1. The molecule has 20 heavy (non-hydrogen) atoms. The largest absolute Gasteiger partial charge is 0.363 e. The van der Waals surface area contributed by atoms with E-state index in [1.54, 1.807) is 12.3 Å². The predicted octanol–water partition coefficient (Wildman–Crippen LogP) is 1.98. The van der Waals surface area contributed by atoms with Gasteiger partial charge >= 0.3 is 0 Å². The van der Waals surface area contributed by atoms with Gasteiger partial charge < -0.3 is 10.3 Å². The molecular formula is C14H25N3O2S. The van der Waals surface area contributed by atoms with E-state index in [2.05, 4.69) is 28.9 Å². The van der Waals surface area contributed by atoms with E-state index < -0.39 is 10.0 Å². The molecule has 1 fully saturated rings. The van der Waals surface area contributed by atoms with Gasteiger partial charge in [-0.3, -0.25) is 0 Å². The maximum atomic E-state index is 12.2. The Bertz CT molecular complexity index is 532. The van der Waals surface area contributed by atoms with Crippen LogP contribution in [0.1, 0.15) is 45.7 Å². The molecule has 6 heteroatoms. The third-order valence-corrected chi connectivity index (χ3v) is 4.94. The highest BCUT2D eigenvalue weighted by Crippen LogP contribution is 2.19. The number of hydrogen-bond donors (Lipinski definition) is 3. The van der Waals surface area contributed by atoms with E-state index in [9.17, 15) is 8.42 Å². The molecule has 3 N–H and O–H groups in total. The van der Waals surface area contributed by atoms with Gasteiger partial charge in [0.1, 0.15) is 0 Å². The average molecular weight is 299 g/mol. The Balaban J connectivity index is 1.94. The smallest absolute Gasteiger partial charge is 0.242 e. The van der Waals surface area contributed by atoms with E-state index in [4.69, 9.17) is 0 Å². The summed E-state index contributed by atoms with van der Waals surface area (Å²) in [5, 5.41) is 3.36. The minimum Gasteiger partial charge on any atom is -0.363 e. The van der Waals surface area contributed by atoms with Gasteiger partial charge in [-0.25, -0.2) is 13.1 Å². The topological polar surface area (TPSA) is 74.0 Å². The van der Waals surface area contributed by atoms with Crippen molar-refractivity contribution in [2.45, 2.75) is 63.6 Å². The van der Waals surface area contributed by atoms with Gasteiger partial charge in [-0.05, 0) is 38.2 Å². The summed E-state index contributed by atoms with van der Waals surface area (Å²) in [5.74, 6) is 0.470. The van der Waals surface area contributed by atoms with Gasteiger partial charge in [-0.1, -0.05) is 13.8 Å². The molecule has 0 radical (unpaired) electrons. The highest BCUT2D eigenvalue weighted by molar-refractivity contribution is 7.89. The highest BCUT2D eigenvalue weighted by atomic mass is 32.2. The molecule has 1 saturated carbocycles. The maximum Gasteiger partial charge on any atom is 0.242 e. The van der Waals surface area contributed by atoms with Crippen molar-refractivity contribution in [3.63, 3.8) is 0 Å². The van der Waals surface area contributed by atoms with E-state index in [0.29, 0.717) is 23.4 Å². The van der Waals surface area contributed by atoms with Crippen LogP contribution in [0.2, 0.25) is 0 Å². The van der Waals surface area contributed by atoms with Crippen LogP contribution in [0.15, 0.2) is 17.2 Å². The second-order valence-electron chi connectivity index (χ2n) is 6.17. The third-order valence-electron chi connectivity index (χ3n) is 3.37. The van der Waals surface area contributed by atoms with Crippen molar-refractivity contribution < 1.29 is 8.42 Å². The Morgan fingerprint density at radius 2 is 2.05 bits per heavy atom. The van der Waals surface area contributed by atoms with Gasteiger partial charge in [0.05, 0.1) is 4.90 Å². The highest BCUT2D eigenvalue weighted by Gasteiger charge is 2.22. The van der Waals surface area contributed by atoms with Crippen LogP contribution in [0.5, 0.6) is 0 Å². The van der Waals surface area contributed by atoms with Crippen molar-refractivity contribution in [3.05, 3.63) is 18.0 Å². The minimum atomic E-state index is -3.42. The Kier molecular flexibility index (Phi) is 4.88. The zero-order valence-electron chi connectivity index (χ0n) is 12.4. The first-order valence-electron chi connectivity index (χ1n) is 7.30. The van der Waals surface area contributed by atoms with Crippen LogP contribution in [-0.4, -0.2) is 25.5 Å². The first kappa shape index (κ1) is 15.5. The van der Waals surface area contributed by atoms with E-state index >= 15 is 0 Å². The normalized spacial score (nSPS) is 17.6. The molecule has 0 aromatic carbocycles. The first-order chi connectivity index (χ1) is 9.37. The molecule has 1 heterocycles. The molecular weight excluding hydrogens is 274 g/mol. The quantitative estimate of drug-likeness (QED) is 0.687. The lowest BCUT2D eigenvalue weighted by Crippen LogP contribution is -2.33. The van der Waals surface area contributed by atoms with Crippen molar-refractivity contribution in [2.24, 2.45) is 5.92 Å². The molecule has 114 valence electrons. The summed E-state index contributed by atoms with van der Waals surface area (Å²) in [4.78, 5) is 3.35. The molecule has 1 aliphatic carbocycles. The van der Waals surface area contributed by atoms with Crippen molar-refractivity contribution in [2.75, 3.05) is 0 Å². The molecule has 0 saturated heterocycles. The molecule has 2 rings (SSSR count). The standard InChI is InChI=1S/C14H25N3O2S/c1-10(2)6-11(3)17-20(18,19)14-7-13(16-9-14)8-15-12-4-5-12/h7,9-12,15-17H,4-6,8H2,1-3H3. The summed E-state index contributed by atoms with van der Waals surface area (Å²) in [6.07, 6.45) is 4.84. The number of aromatic amines is 1. The van der Waals surface area contributed by atoms with Gasteiger partial charge in [0.25, 0.3) is 0 Å². The summed E-state index contributed by atoms with van der Waals surface area (Å²) in [6.45, 7) is 6.77. The van der Waals surface area contributed by atoms with Gasteiger partial charge in [0.2, 0.25) is 10.0 Å². The fraction of sp³-hybridized carbons (Fsp3) is 0.714. The Morgan fingerprint density at radius 1 is 1.35 bits per heavy atom. The van der Waals surface area contributed by atoms with E-state index in [1.807, 2.05) is 6.92 Å². The zero-order valence-corrected chi connectivity index (χ0v) is 13.3. The summed E-state index contributed by atoms with van der Waals surface area (Å²) >= 11 is 0. The second kappa shape index (κ2) is 6.28. The lowest BCUT2D eigenvalue weighted by molar-refractivity contribution is 0.482. The summed E-state index contributed by atoms with van der Waals surface area (Å²) in [7, 11) is -3.42. The minimum absolute atomic E-state index is 0.0528. The molecule has 5 nitrogen and oxygen atoms in total. The molecule has 1 aromatic rings. The van der Waals surface area contributed by atoms with Crippen LogP contribution >= 0.6 is 0 Å². The maximum absolute atomic E-state index is 12.2. The number of rotatable bonds is 8. The molecule has 1 unspecified atom stereocenters. The van der Waals surface area contributed by atoms with Crippen molar-refractivity contribution in [1.29, 1.82) is 0 Å². The molecule has 0 bridgehead atoms. The number of nitrogens with one attached hydrogen (secondary N) is 3. The summed E-state index contributed by atoms with van der Waals surface area (Å²) in [6, 6.07) is 2.27. The van der Waals surface area contributed by atoms with Gasteiger partial charge in [-0.15, -0.1) is 0 Å². The molecule has 1 aliphatic rings. The third kappa shape index (κ3) is 4.61.